The van der Waals surface area contributed by atoms with Gasteiger partial charge in [0.15, 0.2) is 0 Å². The Morgan fingerprint density at radius 2 is 2.31 bits per heavy atom. The molecule has 1 rings (SSSR count). The van der Waals surface area contributed by atoms with Crippen LogP contribution >= 0.6 is 0 Å². The van der Waals surface area contributed by atoms with E-state index in [1.165, 1.54) is 19.3 Å². The number of hydrogen-bond acceptors (Lipinski definition) is 1. The van der Waals surface area contributed by atoms with Gasteiger partial charge < -0.3 is 5.32 Å². The fraction of sp³-hybridized carbons (Fsp3) is 0.833. The van der Waals surface area contributed by atoms with E-state index in [2.05, 4.69) is 25.1 Å². The van der Waals surface area contributed by atoms with Gasteiger partial charge in [0.05, 0.1) is 0 Å². The van der Waals surface area contributed by atoms with Crippen molar-refractivity contribution in [1.82, 2.24) is 5.32 Å². The van der Waals surface area contributed by atoms with E-state index < -0.39 is 0 Å². The molecule has 0 aliphatic heterocycles. The van der Waals surface area contributed by atoms with Gasteiger partial charge in [0.1, 0.15) is 0 Å². The summed E-state index contributed by atoms with van der Waals surface area (Å²) >= 11 is 0. The molecule has 1 N–H and O–H groups in total. The molecule has 0 bridgehead atoms. The molecule has 0 saturated heterocycles. The fourth-order valence-corrected chi connectivity index (χ4v) is 2.17. The first-order chi connectivity index (χ1) is 6.17. The highest BCUT2D eigenvalue weighted by Crippen LogP contribution is 2.36. The molecular formula is C12H21N. The Hall–Kier alpha value is -0.480. The van der Waals surface area contributed by atoms with Crippen molar-refractivity contribution >= 4 is 0 Å². The zero-order valence-corrected chi connectivity index (χ0v) is 8.90. The quantitative estimate of drug-likeness (QED) is 0.516. The van der Waals surface area contributed by atoms with Crippen LogP contribution in [0.15, 0.2) is 0 Å². The van der Waals surface area contributed by atoms with Gasteiger partial charge in [0, 0.05) is 12.5 Å². The Kier molecular flexibility index (Phi) is 3.81. The second kappa shape index (κ2) is 4.67. The number of terminal acetylenes is 1. The maximum atomic E-state index is 5.20. The maximum absolute atomic E-state index is 5.20. The zero-order chi connectivity index (χ0) is 9.73. The van der Waals surface area contributed by atoms with Crippen LogP contribution in [0.25, 0.3) is 0 Å². The van der Waals surface area contributed by atoms with E-state index in [1.807, 2.05) is 0 Å². The van der Waals surface area contributed by atoms with Crippen LogP contribution in [0.1, 0.15) is 46.0 Å². The summed E-state index contributed by atoms with van der Waals surface area (Å²) in [5, 5.41) is 3.61. The summed E-state index contributed by atoms with van der Waals surface area (Å²) in [5.41, 5.74) is 0.496. The van der Waals surface area contributed by atoms with Gasteiger partial charge in [0.25, 0.3) is 0 Å². The van der Waals surface area contributed by atoms with Gasteiger partial charge in [-0.1, -0.05) is 20.3 Å². The molecule has 13 heavy (non-hydrogen) atoms. The largest absolute Gasteiger partial charge is 0.313 e. The van der Waals surface area contributed by atoms with Gasteiger partial charge in [-0.05, 0) is 31.2 Å². The van der Waals surface area contributed by atoms with E-state index >= 15 is 0 Å². The van der Waals surface area contributed by atoms with Gasteiger partial charge in [-0.2, -0.15) is 0 Å². The molecule has 1 saturated carbocycles. The number of unbranched alkanes of at least 4 members (excludes halogenated alkanes) is 1. The molecule has 0 aromatic carbocycles. The van der Waals surface area contributed by atoms with Crippen molar-refractivity contribution in [3.8, 4) is 12.3 Å². The van der Waals surface area contributed by atoms with Gasteiger partial charge in [0.2, 0.25) is 0 Å². The Balaban J connectivity index is 2.18. The van der Waals surface area contributed by atoms with Crippen molar-refractivity contribution < 1.29 is 0 Å². The van der Waals surface area contributed by atoms with Crippen LogP contribution < -0.4 is 5.32 Å². The van der Waals surface area contributed by atoms with E-state index in [4.69, 9.17) is 6.42 Å². The molecule has 74 valence electrons. The SMILES string of the molecule is C#CCCCNC1CCCC1(C)C. The lowest BCUT2D eigenvalue weighted by molar-refractivity contribution is 0.284. The Morgan fingerprint density at radius 3 is 2.85 bits per heavy atom. The summed E-state index contributed by atoms with van der Waals surface area (Å²) in [5.74, 6) is 2.67. The number of hydrogen-bond donors (Lipinski definition) is 1. The van der Waals surface area contributed by atoms with Crippen molar-refractivity contribution in [1.29, 1.82) is 0 Å². The Labute approximate surface area is 82.3 Å². The lowest BCUT2D eigenvalue weighted by Crippen LogP contribution is -2.38. The van der Waals surface area contributed by atoms with Crippen LogP contribution in [-0.2, 0) is 0 Å². The minimum absolute atomic E-state index is 0.496. The third kappa shape index (κ3) is 3.04. The van der Waals surface area contributed by atoms with Crippen molar-refractivity contribution in [2.24, 2.45) is 5.41 Å². The minimum atomic E-state index is 0.496. The molecule has 0 amide bonds. The average Bonchev–Trinajstić information content (AvgIpc) is 2.40. The summed E-state index contributed by atoms with van der Waals surface area (Å²) in [6.45, 7) is 5.80. The van der Waals surface area contributed by atoms with E-state index in [0.29, 0.717) is 11.5 Å². The first-order valence-corrected chi connectivity index (χ1v) is 5.33. The van der Waals surface area contributed by atoms with Crippen LogP contribution in [-0.4, -0.2) is 12.6 Å². The van der Waals surface area contributed by atoms with Gasteiger partial charge in [-0.15, -0.1) is 12.3 Å². The number of rotatable bonds is 4. The second-order valence-electron chi connectivity index (χ2n) is 4.70. The molecular weight excluding hydrogens is 158 g/mol. The Morgan fingerprint density at radius 1 is 1.54 bits per heavy atom. The van der Waals surface area contributed by atoms with Crippen LogP contribution in [0, 0.1) is 17.8 Å². The van der Waals surface area contributed by atoms with E-state index in [0.717, 1.165) is 19.4 Å². The van der Waals surface area contributed by atoms with Crippen molar-refractivity contribution in [3.63, 3.8) is 0 Å². The standard InChI is InChI=1S/C12H21N/c1-4-5-6-10-13-11-8-7-9-12(11,2)3/h1,11,13H,5-10H2,2-3H3. The molecule has 1 nitrogen and oxygen atoms in total. The Bertz CT molecular complexity index is 188. The minimum Gasteiger partial charge on any atom is -0.313 e. The molecule has 1 heteroatoms. The third-order valence-electron chi connectivity index (χ3n) is 3.15. The molecule has 1 aliphatic rings. The third-order valence-corrected chi connectivity index (χ3v) is 3.15. The van der Waals surface area contributed by atoms with Crippen molar-refractivity contribution in [2.75, 3.05) is 6.54 Å². The summed E-state index contributed by atoms with van der Waals surface area (Å²) in [4.78, 5) is 0. The second-order valence-corrected chi connectivity index (χ2v) is 4.70. The summed E-state index contributed by atoms with van der Waals surface area (Å²) in [6.07, 6.45) is 11.3. The highest BCUT2D eigenvalue weighted by molar-refractivity contribution is 4.90. The molecule has 0 radical (unpaired) electrons. The summed E-state index contributed by atoms with van der Waals surface area (Å²) in [7, 11) is 0. The monoisotopic (exact) mass is 179 g/mol. The first-order valence-electron chi connectivity index (χ1n) is 5.33. The zero-order valence-electron chi connectivity index (χ0n) is 8.90. The molecule has 0 aromatic rings. The smallest absolute Gasteiger partial charge is 0.0118 e. The predicted octanol–water partition coefficient (Wildman–Crippen LogP) is 2.57. The highest BCUT2D eigenvalue weighted by Gasteiger charge is 2.33. The lowest BCUT2D eigenvalue weighted by Gasteiger charge is -2.27. The van der Waals surface area contributed by atoms with Crippen molar-refractivity contribution in [3.05, 3.63) is 0 Å². The molecule has 1 fully saturated rings. The van der Waals surface area contributed by atoms with Gasteiger partial charge in [-0.3, -0.25) is 0 Å². The van der Waals surface area contributed by atoms with Gasteiger partial charge in [-0.25, -0.2) is 0 Å². The molecule has 1 unspecified atom stereocenters. The maximum Gasteiger partial charge on any atom is 0.0118 e. The van der Waals surface area contributed by atoms with E-state index in [9.17, 15) is 0 Å². The highest BCUT2D eigenvalue weighted by atomic mass is 14.9. The van der Waals surface area contributed by atoms with E-state index in [1.54, 1.807) is 0 Å². The predicted molar refractivity (Wildman–Crippen MR) is 57.5 cm³/mol. The van der Waals surface area contributed by atoms with Crippen LogP contribution in [0.4, 0.5) is 0 Å². The summed E-state index contributed by atoms with van der Waals surface area (Å²) in [6, 6.07) is 0.713. The molecule has 0 aromatic heterocycles. The topological polar surface area (TPSA) is 12.0 Å². The van der Waals surface area contributed by atoms with Crippen molar-refractivity contribution in [2.45, 2.75) is 52.0 Å². The van der Waals surface area contributed by atoms with Gasteiger partial charge >= 0.3 is 0 Å². The molecule has 1 aliphatic carbocycles. The van der Waals surface area contributed by atoms with Crippen LogP contribution in [0.3, 0.4) is 0 Å². The van der Waals surface area contributed by atoms with E-state index in [-0.39, 0.29) is 0 Å². The average molecular weight is 179 g/mol. The normalized spacial score (nSPS) is 25.8. The molecule has 0 heterocycles. The fourth-order valence-electron chi connectivity index (χ4n) is 2.17. The molecule has 0 spiro atoms. The molecule has 1 atom stereocenters. The van der Waals surface area contributed by atoms with Crippen LogP contribution in [0.5, 0.6) is 0 Å². The van der Waals surface area contributed by atoms with Crippen LogP contribution in [0.2, 0.25) is 0 Å². The lowest BCUT2D eigenvalue weighted by atomic mass is 9.87. The first kappa shape index (κ1) is 10.6. The number of nitrogens with one attached hydrogen (secondary N) is 1. The summed E-state index contributed by atoms with van der Waals surface area (Å²) < 4.78 is 0.